The first-order valence-electron chi connectivity index (χ1n) is 5.58. The summed E-state index contributed by atoms with van der Waals surface area (Å²) in [5.41, 5.74) is -1.20. The van der Waals surface area contributed by atoms with Crippen molar-refractivity contribution >= 4 is 21.8 Å². The molecule has 1 aliphatic heterocycles. The van der Waals surface area contributed by atoms with Gasteiger partial charge in [0.15, 0.2) is 0 Å². The SMILES string of the molecule is O=c1ccn([C@H]2C[C@H](O)[C@@H](COP(=O)(O)Br)O2)c(=O)[nH]1. The maximum absolute atomic E-state index is 11.6. The van der Waals surface area contributed by atoms with Crippen molar-refractivity contribution in [3.8, 4) is 0 Å². The standard InChI is InChI=1S/C9H12BrN2O7P/c10-20(16,17)18-4-6-5(13)3-8(19-6)12-2-1-7(14)11-9(12)15/h1-2,5-6,8,13H,3-4H2,(H,16,17)(H,11,14,15)/t5-,6+,8+/m0/s1. The lowest BCUT2D eigenvalue weighted by Crippen LogP contribution is -2.31. The Balaban J connectivity index is 2.08. The summed E-state index contributed by atoms with van der Waals surface area (Å²) in [7, 11) is 0. The molecule has 1 aliphatic rings. The van der Waals surface area contributed by atoms with Gasteiger partial charge in [0.25, 0.3) is 5.56 Å². The van der Waals surface area contributed by atoms with Gasteiger partial charge in [0, 0.05) is 34.2 Å². The van der Waals surface area contributed by atoms with Crippen LogP contribution in [-0.2, 0) is 13.8 Å². The molecule has 112 valence electrons. The average Bonchev–Trinajstić information content (AvgIpc) is 2.67. The van der Waals surface area contributed by atoms with E-state index in [1.54, 1.807) is 0 Å². The van der Waals surface area contributed by atoms with E-state index < -0.39 is 36.0 Å². The Morgan fingerprint density at radius 1 is 1.60 bits per heavy atom. The quantitative estimate of drug-likeness (QED) is 0.619. The summed E-state index contributed by atoms with van der Waals surface area (Å²) < 4.78 is 22.1. The molecular formula is C9H12BrN2O7P. The van der Waals surface area contributed by atoms with Gasteiger partial charge in [0.05, 0.1) is 12.7 Å². The van der Waals surface area contributed by atoms with Gasteiger partial charge in [-0.05, 0) is 0 Å². The third-order valence-electron chi connectivity index (χ3n) is 2.76. The fourth-order valence-electron chi connectivity index (χ4n) is 1.86. The third kappa shape index (κ3) is 3.87. The van der Waals surface area contributed by atoms with Gasteiger partial charge in [-0.25, -0.2) is 9.36 Å². The minimum atomic E-state index is -3.85. The van der Waals surface area contributed by atoms with Crippen LogP contribution in [0.2, 0.25) is 0 Å². The van der Waals surface area contributed by atoms with E-state index in [1.165, 1.54) is 6.20 Å². The number of aliphatic hydroxyl groups is 1. The van der Waals surface area contributed by atoms with Crippen LogP contribution in [0.1, 0.15) is 12.6 Å². The van der Waals surface area contributed by atoms with Crippen LogP contribution in [0.3, 0.4) is 0 Å². The summed E-state index contributed by atoms with van der Waals surface area (Å²) in [5, 5.41) is 9.78. The molecule has 11 heteroatoms. The lowest BCUT2D eigenvalue weighted by molar-refractivity contribution is -0.0415. The van der Waals surface area contributed by atoms with Gasteiger partial charge in [-0.2, -0.15) is 0 Å². The van der Waals surface area contributed by atoms with E-state index in [1.807, 2.05) is 0 Å². The van der Waals surface area contributed by atoms with E-state index in [0.717, 1.165) is 10.6 Å². The lowest BCUT2D eigenvalue weighted by Gasteiger charge is -2.16. The first-order valence-corrected chi connectivity index (χ1v) is 9.18. The molecule has 1 aromatic rings. The highest BCUT2D eigenvalue weighted by atomic mass is 79.9. The van der Waals surface area contributed by atoms with Crippen LogP contribution < -0.4 is 11.2 Å². The smallest absolute Gasteiger partial charge is 0.390 e. The van der Waals surface area contributed by atoms with Crippen molar-refractivity contribution in [2.75, 3.05) is 6.61 Å². The Morgan fingerprint density at radius 3 is 2.90 bits per heavy atom. The van der Waals surface area contributed by atoms with Gasteiger partial charge in [0.2, 0.25) is 0 Å². The normalized spacial score (nSPS) is 29.2. The number of hydrogen-bond donors (Lipinski definition) is 3. The van der Waals surface area contributed by atoms with Crippen molar-refractivity contribution in [3.63, 3.8) is 0 Å². The molecule has 0 bridgehead atoms. The van der Waals surface area contributed by atoms with E-state index in [9.17, 15) is 19.3 Å². The molecule has 0 aliphatic carbocycles. The highest BCUT2D eigenvalue weighted by molar-refractivity contribution is 9.39. The van der Waals surface area contributed by atoms with E-state index in [-0.39, 0.29) is 13.0 Å². The first kappa shape index (κ1) is 15.6. The fourth-order valence-corrected chi connectivity index (χ4v) is 2.54. The molecule has 1 unspecified atom stereocenters. The van der Waals surface area contributed by atoms with Crippen LogP contribution in [0.25, 0.3) is 0 Å². The number of aromatic amines is 1. The van der Waals surface area contributed by atoms with Crippen molar-refractivity contribution in [3.05, 3.63) is 33.1 Å². The topological polar surface area (TPSA) is 131 Å². The minimum absolute atomic E-state index is 0.0952. The Labute approximate surface area is 120 Å². The number of H-pyrrole nitrogens is 1. The number of nitrogens with one attached hydrogen (secondary N) is 1. The number of aliphatic hydroxyl groups excluding tert-OH is 1. The summed E-state index contributed by atoms with van der Waals surface area (Å²) in [6.45, 7) is -0.311. The predicted octanol–water partition coefficient (Wildman–Crippen LogP) is -0.303. The number of rotatable bonds is 4. The van der Waals surface area contributed by atoms with Gasteiger partial charge >= 0.3 is 12.0 Å². The van der Waals surface area contributed by atoms with Crippen molar-refractivity contribution in [1.82, 2.24) is 9.55 Å². The second-order valence-electron chi connectivity index (χ2n) is 4.20. The second-order valence-corrected chi connectivity index (χ2v) is 8.05. The summed E-state index contributed by atoms with van der Waals surface area (Å²) >= 11 is 2.44. The highest BCUT2D eigenvalue weighted by Gasteiger charge is 2.36. The molecule has 0 radical (unpaired) electrons. The summed E-state index contributed by atoms with van der Waals surface area (Å²) in [6, 6.07) is 1.15. The van der Waals surface area contributed by atoms with Gasteiger partial charge in [-0.3, -0.25) is 18.9 Å². The van der Waals surface area contributed by atoms with Crippen molar-refractivity contribution in [2.24, 2.45) is 0 Å². The average molecular weight is 371 g/mol. The molecule has 1 saturated heterocycles. The zero-order chi connectivity index (χ0) is 14.9. The molecule has 0 saturated carbocycles. The highest BCUT2D eigenvalue weighted by Crippen LogP contribution is 2.50. The second kappa shape index (κ2) is 5.92. The molecule has 0 amide bonds. The molecule has 1 fully saturated rings. The molecule has 1 aromatic heterocycles. The number of ether oxygens (including phenoxy) is 1. The maximum Gasteiger partial charge on any atom is 0.393 e. The summed E-state index contributed by atoms with van der Waals surface area (Å²) in [6.07, 6.45) is -5.09. The van der Waals surface area contributed by atoms with Crippen LogP contribution in [-0.4, -0.2) is 38.4 Å². The van der Waals surface area contributed by atoms with Crippen molar-refractivity contribution in [2.45, 2.75) is 24.9 Å². The van der Waals surface area contributed by atoms with Gasteiger partial charge in [-0.15, -0.1) is 0 Å². The van der Waals surface area contributed by atoms with E-state index in [0.29, 0.717) is 0 Å². The van der Waals surface area contributed by atoms with E-state index >= 15 is 0 Å². The Hall–Kier alpha value is -0.770. The van der Waals surface area contributed by atoms with Crippen LogP contribution in [0.15, 0.2) is 21.9 Å². The zero-order valence-electron chi connectivity index (χ0n) is 10.0. The third-order valence-corrected chi connectivity index (χ3v) is 3.85. The van der Waals surface area contributed by atoms with Crippen molar-refractivity contribution in [1.29, 1.82) is 0 Å². The van der Waals surface area contributed by atoms with Gasteiger partial charge in [-0.1, -0.05) is 0 Å². The largest absolute Gasteiger partial charge is 0.393 e. The Kier molecular flexibility index (Phi) is 4.62. The molecule has 3 N–H and O–H groups in total. The van der Waals surface area contributed by atoms with E-state index in [2.05, 4.69) is 25.0 Å². The molecule has 0 aromatic carbocycles. The zero-order valence-corrected chi connectivity index (χ0v) is 12.5. The molecule has 2 rings (SSSR count). The van der Waals surface area contributed by atoms with Gasteiger partial charge < -0.3 is 14.7 Å². The van der Waals surface area contributed by atoms with Crippen LogP contribution in [0, 0.1) is 0 Å². The molecule has 4 atom stereocenters. The molecule has 9 nitrogen and oxygen atoms in total. The van der Waals surface area contributed by atoms with Crippen LogP contribution >= 0.6 is 21.8 Å². The van der Waals surface area contributed by atoms with Crippen molar-refractivity contribution < 1.29 is 23.8 Å². The Morgan fingerprint density at radius 2 is 2.30 bits per heavy atom. The maximum atomic E-state index is 11.6. The molecular weight excluding hydrogens is 359 g/mol. The predicted molar refractivity (Wildman–Crippen MR) is 70.6 cm³/mol. The lowest BCUT2D eigenvalue weighted by atomic mass is 10.2. The number of halogens is 1. The monoisotopic (exact) mass is 370 g/mol. The van der Waals surface area contributed by atoms with Crippen LogP contribution in [0.4, 0.5) is 0 Å². The minimum Gasteiger partial charge on any atom is -0.390 e. The van der Waals surface area contributed by atoms with Crippen LogP contribution in [0.5, 0.6) is 0 Å². The summed E-state index contributed by atoms with van der Waals surface area (Å²) in [4.78, 5) is 33.5. The molecule has 0 spiro atoms. The van der Waals surface area contributed by atoms with E-state index in [4.69, 9.17) is 9.63 Å². The molecule has 20 heavy (non-hydrogen) atoms. The number of hydrogen-bond acceptors (Lipinski definition) is 6. The molecule has 2 heterocycles. The Bertz CT molecular complexity index is 638. The first-order chi connectivity index (χ1) is 9.26. The number of nitrogens with zero attached hydrogens (tertiary/aromatic N) is 1. The fraction of sp³-hybridized carbons (Fsp3) is 0.556. The number of aromatic nitrogens is 2. The summed E-state index contributed by atoms with van der Waals surface area (Å²) in [5.74, 6) is 0. The van der Waals surface area contributed by atoms with Gasteiger partial charge in [0.1, 0.15) is 12.3 Å².